The zero-order valence-electron chi connectivity index (χ0n) is 11.5. The molecule has 1 aromatic carbocycles. The molecule has 0 bridgehead atoms. The smallest absolute Gasteiger partial charge is 0.0335 e. The van der Waals surface area contributed by atoms with Crippen LogP contribution < -0.4 is 10.6 Å². The standard InChI is InChI=1S/C16H24N2S/c1-2-4-15-14(3-1)12-17-8-5-16(15)18-11-13-6-9-19-10-7-13/h1-4,13,16-18H,5-12H2. The van der Waals surface area contributed by atoms with Gasteiger partial charge in [-0.2, -0.15) is 11.8 Å². The van der Waals surface area contributed by atoms with Crippen LogP contribution in [0.3, 0.4) is 0 Å². The fourth-order valence-corrected chi connectivity index (χ4v) is 4.34. The van der Waals surface area contributed by atoms with Crippen LogP contribution in [-0.2, 0) is 6.54 Å². The number of nitrogens with one attached hydrogen (secondary N) is 2. The Labute approximate surface area is 120 Å². The molecule has 0 radical (unpaired) electrons. The fourth-order valence-electron chi connectivity index (χ4n) is 3.13. The van der Waals surface area contributed by atoms with Gasteiger partial charge in [0.1, 0.15) is 0 Å². The highest BCUT2D eigenvalue weighted by atomic mass is 32.2. The zero-order valence-corrected chi connectivity index (χ0v) is 12.3. The molecule has 1 fully saturated rings. The Bertz CT molecular complexity index is 401. The molecule has 2 aliphatic rings. The van der Waals surface area contributed by atoms with Crippen molar-refractivity contribution in [2.75, 3.05) is 24.6 Å². The highest BCUT2D eigenvalue weighted by Gasteiger charge is 2.20. The van der Waals surface area contributed by atoms with Crippen LogP contribution in [0, 0.1) is 5.92 Å². The van der Waals surface area contributed by atoms with Gasteiger partial charge in [-0.05, 0) is 60.9 Å². The van der Waals surface area contributed by atoms with Crippen LogP contribution >= 0.6 is 11.8 Å². The average molecular weight is 276 g/mol. The summed E-state index contributed by atoms with van der Waals surface area (Å²) in [4.78, 5) is 0. The second kappa shape index (κ2) is 6.78. The number of benzene rings is 1. The van der Waals surface area contributed by atoms with Crippen molar-refractivity contribution in [3.63, 3.8) is 0 Å². The van der Waals surface area contributed by atoms with Crippen LogP contribution in [0.2, 0.25) is 0 Å². The van der Waals surface area contributed by atoms with E-state index in [0.29, 0.717) is 6.04 Å². The molecule has 1 saturated heterocycles. The Kier molecular flexibility index (Phi) is 4.81. The Morgan fingerprint density at radius 3 is 2.89 bits per heavy atom. The first-order valence-electron chi connectivity index (χ1n) is 7.53. The third kappa shape index (κ3) is 3.53. The lowest BCUT2D eigenvalue weighted by atomic mass is 9.97. The summed E-state index contributed by atoms with van der Waals surface area (Å²) in [6.45, 7) is 3.33. The van der Waals surface area contributed by atoms with Crippen molar-refractivity contribution in [2.24, 2.45) is 5.92 Å². The van der Waals surface area contributed by atoms with Gasteiger partial charge in [0.05, 0.1) is 0 Å². The molecule has 0 spiro atoms. The van der Waals surface area contributed by atoms with Crippen molar-refractivity contribution >= 4 is 11.8 Å². The molecule has 3 heteroatoms. The van der Waals surface area contributed by atoms with Crippen molar-refractivity contribution in [1.29, 1.82) is 0 Å². The molecule has 2 nitrogen and oxygen atoms in total. The van der Waals surface area contributed by atoms with Crippen LogP contribution in [0.15, 0.2) is 24.3 Å². The third-order valence-electron chi connectivity index (χ3n) is 4.35. The fraction of sp³-hybridized carbons (Fsp3) is 0.625. The molecule has 19 heavy (non-hydrogen) atoms. The molecule has 3 rings (SSSR count). The Morgan fingerprint density at radius 1 is 1.16 bits per heavy atom. The molecule has 0 aromatic heterocycles. The van der Waals surface area contributed by atoms with E-state index in [-0.39, 0.29) is 0 Å². The van der Waals surface area contributed by atoms with E-state index in [1.807, 2.05) is 0 Å². The Balaban J connectivity index is 1.63. The van der Waals surface area contributed by atoms with Crippen molar-refractivity contribution < 1.29 is 0 Å². The predicted molar refractivity (Wildman–Crippen MR) is 83.6 cm³/mol. The second-order valence-electron chi connectivity index (χ2n) is 5.68. The SMILES string of the molecule is c1ccc2c(c1)CNCCC2NCC1CCSCC1. The number of rotatable bonds is 3. The van der Waals surface area contributed by atoms with E-state index in [4.69, 9.17) is 0 Å². The molecule has 1 atom stereocenters. The van der Waals surface area contributed by atoms with Gasteiger partial charge in [0, 0.05) is 12.6 Å². The van der Waals surface area contributed by atoms with E-state index in [1.54, 1.807) is 0 Å². The topological polar surface area (TPSA) is 24.1 Å². The molecular weight excluding hydrogens is 252 g/mol. The maximum absolute atomic E-state index is 3.84. The highest BCUT2D eigenvalue weighted by molar-refractivity contribution is 7.99. The van der Waals surface area contributed by atoms with Crippen molar-refractivity contribution in [1.82, 2.24) is 10.6 Å². The van der Waals surface area contributed by atoms with E-state index in [9.17, 15) is 0 Å². The zero-order chi connectivity index (χ0) is 12.9. The number of hydrogen-bond acceptors (Lipinski definition) is 3. The molecule has 2 aliphatic heterocycles. The molecule has 0 aliphatic carbocycles. The summed E-state index contributed by atoms with van der Waals surface area (Å²) in [5, 5.41) is 7.37. The predicted octanol–water partition coefficient (Wildman–Crippen LogP) is 2.95. The highest BCUT2D eigenvalue weighted by Crippen LogP contribution is 2.26. The van der Waals surface area contributed by atoms with Gasteiger partial charge in [-0.3, -0.25) is 0 Å². The molecule has 2 N–H and O–H groups in total. The van der Waals surface area contributed by atoms with E-state index < -0.39 is 0 Å². The van der Waals surface area contributed by atoms with Gasteiger partial charge in [-0.1, -0.05) is 24.3 Å². The van der Waals surface area contributed by atoms with Gasteiger partial charge < -0.3 is 10.6 Å². The summed E-state index contributed by atoms with van der Waals surface area (Å²) in [5.74, 6) is 3.61. The Morgan fingerprint density at radius 2 is 2.00 bits per heavy atom. The third-order valence-corrected chi connectivity index (χ3v) is 5.40. The molecule has 0 amide bonds. The summed E-state index contributed by atoms with van der Waals surface area (Å²) in [6.07, 6.45) is 3.99. The largest absolute Gasteiger partial charge is 0.313 e. The lowest BCUT2D eigenvalue weighted by Gasteiger charge is -2.25. The van der Waals surface area contributed by atoms with E-state index in [1.165, 1.54) is 48.4 Å². The number of fused-ring (bicyclic) bond motifs is 1. The minimum absolute atomic E-state index is 0.542. The first-order valence-corrected chi connectivity index (χ1v) is 8.68. The van der Waals surface area contributed by atoms with Crippen molar-refractivity contribution in [3.05, 3.63) is 35.4 Å². The number of hydrogen-bond donors (Lipinski definition) is 2. The van der Waals surface area contributed by atoms with Crippen LogP contribution in [0.5, 0.6) is 0 Å². The molecule has 2 heterocycles. The van der Waals surface area contributed by atoms with Crippen molar-refractivity contribution in [2.45, 2.75) is 31.8 Å². The van der Waals surface area contributed by atoms with Gasteiger partial charge in [0.25, 0.3) is 0 Å². The quantitative estimate of drug-likeness (QED) is 0.887. The van der Waals surface area contributed by atoms with Gasteiger partial charge in [-0.25, -0.2) is 0 Å². The monoisotopic (exact) mass is 276 g/mol. The van der Waals surface area contributed by atoms with Gasteiger partial charge in [-0.15, -0.1) is 0 Å². The summed E-state index contributed by atoms with van der Waals surface area (Å²) in [5.41, 5.74) is 2.98. The molecule has 104 valence electrons. The van der Waals surface area contributed by atoms with Crippen LogP contribution in [0.4, 0.5) is 0 Å². The second-order valence-corrected chi connectivity index (χ2v) is 6.91. The first-order chi connectivity index (χ1) is 9.43. The summed E-state index contributed by atoms with van der Waals surface area (Å²) in [6, 6.07) is 9.44. The minimum Gasteiger partial charge on any atom is -0.313 e. The lowest BCUT2D eigenvalue weighted by molar-refractivity contribution is 0.400. The number of thioether (sulfide) groups is 1. The van der Waals surface area contributed by atoms with Gasteiger partial charge in [0.15, 0.2) is 0 Å². The van der Waals surface area contributed by atoms with E-state index >= 15 is 0 Å². The molecule has 1 aromatic rings. The Hall–Kier alpha value is -0.510. The summed E-state index contributed by atoms with van der Waals surface area (Å²) < 4.78 is 0. The molecule has 0 saturated carbocycles. The first kappa shape index (κ1) is 13.5. The van der Waals surface area contributed by atoms with Gasteiger partial charge in [0.2, 0.25) is 0 Å². The average Bonchev–Trinajstić information content (AvgIpc) is 2.68. The normalized spacial score (nSPS) is 24.7. The summed E-state index contributed by atoms with van der Waals surface area (Å²) in [7, 11) is 0. The van der Waals surface area contributed by atoms with E-state index in [0.717, 1.165) is 19.0 Å². The van der Waals surface area contributed by atoms with Gasteiger partial charge >= 0.3 is 0 Å². The van der Waals surface area contributed by atoms with Crippen LogP contribution in [0.25, 0.3) is 0 Å². The van der Waals surface area contributed by atoms with Crippen LogP contribution in [-0.4, -0.2) is 24.6 Å². The maximum atomic E-state index is 3.84. The molecule has 1 unspecified atom stereocenters. The van der Waals surface area contributed by atoms with E-state index in [2.05, 4.69) is 46.7 Å². The maximum Gasteiger partial charge on any atom is 0.0335 e. The van der Waals surface area contributed by atoms with Crippen LogP contribution in [0.1, 0.15) is 36.4 Å². The van der Waals surface area contributed by atoms with Crippen molar-refractivity contribution in [3.8, 4) is 0 Å². The molecular formula is C16H24N2S. The minimum atomic E-state index is 0.542. The summed E-state index contributed by atoms with van der Waals surface area (Å²) >= 11 is 2.11. The lowest BCUT2D eigenvalue weighted by Crippen LogP contribution is -2.30.